The van der Waals surface area contributed by atoms with E-state index in [0.717, 1.165) is 5.56 Å². The van der Waals surface area contributed by atoms with Crippen LogP contribution in [0.1, 0.15) is 32.8 Å². The molecule has 1 aliphatic rings. The van der Waals surface area contributed by atoms with Crippen molar-refractivity contribution in [2.75, 3.05) is 13.1 Å². The molecule has 1 aromatic carbocycles. The molecule has 0 radical (unpaired) electrons. The molecule has 2 rings (SSSR count). The zero-order valence-corrected chi connectivity index (χ0v) is 14.5. The highest BCUT2D eigenvalue weighted by molar-refractivity contribution is 5.92. The molecular formula is C18H22F3NO3. The first kappa shape index (κ1) is 19.3. The molecule has 7 heteroatoms. The van der Waals surface area contributed by atoms with Gasteiger partial charge in [0.05, 0.1) is 5.41 Å². The van der Waals surface area contributed by atoms with Crippen molar-refractivity contribution < 1.29 is 27.5 Å². The van der Waals surface area contributed by atoms with Crippen LogP contribution >= 0.6 is 0 Å². The number of carbonyl (C=O) groups is 2. The van der Waals surface area contributed by atoms with Crippen LogP contribution in [0.3, 0.4) is 0 Å². The van der Waals surface area contributed by atoms with Crippen molar-refractivity contribution >= 4 is 11.9 Å². The Morgan fingerprint density at radius 2 is 1.80 bits per heavy atom. The lowest BCUT2D eigenvalue weighted by Crippen LogP contribution is -2.42. The minimum atomic E-state index is -5.04. The van der Waals surface area contributed by atoms with E-state index in [4.69, 9.17) is 0 Å². The summed E-state index contributed by atoms with van der Waals surface area (Å²) in [5.41, 5.74) is -0.190. The fourth-order valence-electron chi connectivity index (χ4n) is 3.40. The summed E-state index contributed by atoms with van der Waals surface area (Å²) >= 11 is 0. The van der Waals surface area contributed by atoms with Gasteiger partial charge in [-0.15, -0.1) is 0 Å². The number of amides is 1. The van der Waals surface area contributed by atoms with Gasteiger partial charge in [0, 0.05) is 19.0 Å². The van der Waals surface area contributed by atoms with Gasteiger partial charge >= 0.3 is 12.1 Å². The van der Waals surface area contributed by atoms with E-state index in [-0.39, 0.29) is 5.91 Å². The maximum Gasteiger partial charge on any atom is 0.490 e. The van der Waals surface area contributed by atoms with Gasteiger partial charge in [-0.1, -0.05) is 30.3 Å². The van der Waals surface area contributed by atoms with Crippen LogP contribution in [0.25, 0.3) is 0 Å². The first-order valence-corrected chi connectivity index (χ1v) is 8.31. The lowest BCUT2D eigenvalue weighted by atomic mass is 9.90. The summed E-state index contributed by atoms with van der Waals surface area (Å²) in [6.45, 7) is 6.13. The van der Waals surface area contributed by atoms with Crippen LogP contribution < -0.4 is 0 Å². The Hall–Kier alpha value is -2.05. The number of alkyl halides is 3. The molecule has 0 saturated heterocycles. The summed E-state index contributed by atoms with van der Waals surface area (Å²) in [4.78, 5) is 25.8. The normalized spacial score (nSPS) is 23.7. The number of hydrogen-bond acceptors (Lipinski definition) is 3. The SMILES string of the molecule is CCN(CC)C(=O)[C@@]1(c2ccccc2)C[C@H]1[C@H](C)OC(=O)C(F)(F)F. The van der Waals surface area contributed by atoms with Gasteiger partial charge in [-0.3, -0.25) is 4.79 Å². The van der Waals surface area contributed by atoms with Gasteiger partial charge in [-0.05, 0) is 32.8 Å². The topological polar surface area (TPSA) is 46.6 Å². The Morgan fingerprint density at radius 3 is 2.28 bits per heavy atom. The summed E-state index contributed by atoms with van der Waals surface area (Å²) in [7, 11) is 0. The van der Waals surface area contributed by atoms with E-state index in [1.54, 1.807) is 29.2 Å². The number of hydrogen-bond donors (Lipinski definition) is 0. The van der Waals surface area contributed by atoms with Crippen molar-refractivity contribution in [1.29, 1.82) is 0 Å². The number of ether oxygens (including phenoxy) is 1. The molecule has 3 atom stereocenters. The largest absolute Gasteiger partial charge is 0.490 e. The van der Waals surface area contributed by atoms with Gasteiger partial charge in [0.1, 0.15) is 6.10 Å². The van der Waals surface area contributed by atoms with E-state index < -0.39 is 29.6 Å². The van der Waals surface area contributed by atoms with Crippen LogP contribution in [-0.2, 0) is 19.7 Å². The number of nitrogens with zero attached hydrogens (tertiary/aromatic N) is 1. The molecule has 0 aromatic heterocycles. The highest BCUT2D eigenvalue weighted by Crippen LogP contribution is 2.57. The van der Waals surface area contributed by atoms with Crippen LogP contribution in [0, 0.1) is 5.92 Å². The highest BCUT2D eigenvalue weighted by Gasteiger charge is 2.65. The first-order valence-electron chi connectivity index (χ1n) is 8.31. The molecule has 0 unspecified atom stereocenters. The minimum absolute atomic E-state index is 0.136. The number of halogens is 3. The predicted octanol–water partition coefficient (Wildman–Crippen LogP) is 3.31. The van der Waals surface area contributed by atoms with Gasteiger partial charge in [0.2, 0.25) is 5.91 Å². The number of carbonyl (C=O) groups excluding carboxylic acids is 2. The van der Waals surface area contributed by atoms with Crippen LogP contribution in [0.5, 0.6) is 0 Å². The molecule has 25 heavy (non-hydrogen) atoms. The van der Waals surface area contributed by atoms with Crippen LogP contribution in [-0.4, -0.2) is 42.1 Å². The van der Waals surface area contributed by atoms with Crippen LogP contribution in [0.2, 0.25) is 0 Å². The molecule has 0 N–H and O–H groups in total. The molecule has 1 fully saturated rings. The van der Waals surface area contributed by atoms with E-state index in [9.17, 15) is 22.8 Å². The van der Waals surface area contributed by atoms with Crippen molar-refractivity contribution in [2.45, 2.75) is 44.9 Å². The van der Waals surface area contributed by atoms with Gasteiger partial charge < -0.3 is 9.64 Å². The second kappa shape index (κ2) is 7.06. The highest BCUT2D eigenvalue weighted by atomic mass is 19.4. The summed E-state index contributed by atoms with van der Waals surface area (Å²) in [6, 6.07) is 8.96. The van der Waals surface area contributed by atoms with Crippen LogP contribution in [0.15, 0.2) is 30.3 Å². The predicted molar refractivity (Wildman–Crippen MR) is 85.8 cm³/mol. The van der Waals surface area contributed by atoms with E-state index in [1.807, 2.05) is 19.9 Å². The monoisotopic (exact) mass is 357 g/mol. The maximum atomic E-state index is 13.1. The summed E-state index contributed by atoms with van der Waals surface area (Å²) in [5, 5.41) is 0. The van der Waals surface area contributed by atoms with E-state index in [2.05, 4.69) is 4.74 Å². The average Bonchev–Trinajstić information content (AvgIpc) is 3.33. The fourth-order valence-corrected chi connectivity index (χ4v) is 3.40. The molecule has 0 heterocycles. The van der Waals surface area contributed by atoms with Crippen molar-refractivity contribution in [3.63, 3.8) is 0 Å². The Labute approximate surface area is 144 Å². The van der Waals surface area contributed by atoms with Gasteiger partial charge in [0.25, 0.3) is 0 Å². The molecule has 1 aliphatic carbocycles. The molecular weight excluding hydrogens is 335 g/mol. The average molecular weight is 357 g/mol. The van der Waals surface area contributed by atoms with Gasteiger partial charge in [-0.25, -0.2) is 4.79 Å². The maximum absolute atomic E-state index is 13.1. The van der Waals surface area contributed by atoms with E-state index in [1.165, 1.54) is 6.92 Å². The zero-order valence-electron chi connectivity index (χ0n) is 14.5. The van der Waals surface area contributed by atoms with Gasteiger partial charge in [0.15, 0.2) is 0 Å². The number of rotatable bonds is 6. The van der Waals surface area contributed by atoms with Crippen molar-refractivity contribution in [3.8, 4) is 0 Å². The van der Waals surface area contributed by atoms with E-state index in [0.29, 0.717) is 19.5 Å². The van der Waals surface area contributed by atoms with E-state index >= 15 is 0 Å². The Bertz CT molecular complexity index is 628. The standard InChI is InChI=1S/C18H22F3NO3/c1-4-22(5-2)15(23)17(13-9-7-6-8-10-13)11-14(17)12(3)25-16(24)18(19,20)21/h6-10,12,14H,4-5,11H2,1-3H3/t12-,14-,17+/m0/s1. The van der Waals surface area contributed by atoms with Crippen molar-refractivity contribution in [2.24, 2.45) is 5.92 Å². The minimum Gasteiger partial charge on any atom is -0.456 e. The molecule has 0 spiro atoms. The molecule has 1 amide bonds. The third-order valence-corrected chi connectivity index (χ3v) is 4.83. The lowest BCUT2D eigenvalue weighted by molar-refractivity contribution is -0.205. The second-order valence-corrected chi connectivity index (χ2v) is 6.23. The Kier molecular flexibility index (Phi) is 5.44. The van der Waals surface area contributed by atoms with Crippen LogP contribution in [0.4, 0.5) is 13.2 Å². The number of benzene rings is 1. The Morgan fingerprint density at radius 1 is 1.24 bits per heavy atom. The molecule has 0 bridgehead atoms. The fraction of sp³-hybridized carbons (Fsp3) is 0.556. The summed E-state index contributed by atoms with van der Waals surface area (Å²) < 4.78 is 41.9. The third-order valence-electron chi connectivity index (χ3n) is 4.83. The second-order valence-electron chi connectivity index (χ2n) is 6.23. The summed E-state index contributed by atoms with van der Waals surface area (Å²) in [6.07, 6.45) is -5.69. The molecule has 4 nitrogen and oxygen atoms in total. The quantitative estimate of drug-likeness (QED) is 0.734. The summed E-state index contributed by atoms with van der Waals surface area (Å²) in [5.74, 6) is -2.83. The smallest absolute Gasteiger partial charge is 0.456 e. The molecule has 1 saturated carbocycles. The lowest BCUT2D eigenvalue weighted by Gasteiger charge is -2.27. The van der Waals surface area contributed by atoms with Gasteiger partial charge in [-0.2, -0.15) is 13.2 Å². The Balaban J connectivity index is 2.28. The number of likely N-dealkylation sites (N-methyl/N-ethyl adjacent to an activating group) is 1. The third kappa shape index (κ3) is 3.65. The molecule has 0 aliphatic heterocycles. The number of esters is 1. The molecule has 138 valence electrons. The van der Waals surface area contributed by atoms with Crippen molar-refractivity contribution in [1.82, 2.24) is 4.90 Å². The van der Waals surface area contributed by atoms with Crippen molar-refractivity contribution in [3.05, 3.63) is 35.9 Å². The molecule has 1 aromatic rings. The first-order chi connectivity index (χ1) is 11.7. The zero-order chi connectivity index (χ0) is 18.8.